The van der Waals surface area contributed by atoms with Crippen molar-refractivity contribution in [2.24, 2.45) is 0 Å². The van der Waals surface area contributed by atoms with E-state index in [2.05, 4.69) is 27.4 Å². The molecule has 0 radical (unpaired) electrons. The van der Waals surface area contributed by atoms with Gasteiger partial charge in [0, 0.05) is 31.1 Å². The summed E-state index contributed by atoms with van der Waals surface area (Å²) in [6.07, 6.45) is 3.09. The first kappa shape index (κ1) is 13.5. The number of pyridine rings is 1. The lowest BCUT2D eigenvalue weighted by Crippen LogP contribution is -2.23. The number of hydrogen-bond donors (Lipinski definition) is 1. The highest BCUT2D eigenvalue weighted by atomic mass is 16.5. The molecule has 2 heterocycles. The van der Waals surface area contributed by atoms with Crippen molar-refractivity contribution in [2.75, 3.05) is 14.2 Å². The Morgan fingerprint density at radius 3 is 2.89 bits per heavy atom. The average molecular weight is 262 g/mol. The predicted molar refractivity (Wildman–Crippen MR) is 70.1 cm³/mol. The Hall–Kier alpha value is -1.95. The fraction of sp³-hybridized carbons (Fsp3) is 0.462. The van der Waals surface area contributed by atoms with E-state index in [0.29, 0.717) is 30.1 Å². The molecule has 102 valence electrons. The summed E-state index contributed by atoms with van der Waals surface area (Å²) >= 11 is 0. The van der Waals surface area contributed by atoms with Crippen LogP contribution in [0.5, 0.6) is 5.88 Å². The van der Waals surface area contributed by atoms with E-state index in [9.17, 15) is 0 Å². The Labute approximate surface area is 112 Å². The van der Waals surface area contributed by atoms with Gasteiger partial charge >= 0.3 is 0 Å². The highest BCUT2D eigenvalue weighted by Gasteiger charge is 2.10. The van der Waals surface area contributed by atoms with Crippen LogP contribution in [-0.2, 0) is 12.8 Å². The topological polar surface area (TPSA) is 73.1 Å². The number of rotatable bonds is 6. The van der Waals surface area contributed by atoms with Crippen LogP contribution < -0.4 is 10.1 Å². The molecule has 1 unspecified atom stereocenters. The van der Waals surface area contributed by atoms with E-state index in [-0.39, 0.29) is 0 Å². The maximum atomic E-state index is 5.21. The maximum Gasteiger partial charge on any atom is 0.228 e. The molecule has 2 aromatic rings. The van der Waals surface area contributed by atoms with Crippen molar-refractivity contribution < 1.29 is 9.26 Å². The SMILES string of the molecule is CNC(C)Cc1nc(Cc2ccc(OC)nc2)no1. The van der Waals surface area contributed by atoms with Crippen molar-refractivity contribution in [1.82, 2.24) is 20.4 Å². The minimum Gasteiger partial charge on any atom is -0.481 e. The van der Waals surface area contributed by atoms with Crippen LogP contribution in [-0.4, -0.2) is 35.3 Å². The quantitative estimate of drug-likeness (QED) is 0.843. The number of likely N-dealkylation sites (N-methyl/N-ethyl adjacent to an activating group) is 1. The van der Waals surface area contributed by atoms with Crippen molar-refractivity contribution >= 4 is 0 Å². The van der Waals surface area contributed by atoms with Crippen LogP contribution in [0.25, 0.3) is 0 Å². The summed E-state index contributed by atoms with van der Waals surface area (Å²) in [5.41, 5.74) is 1.02. The molecule has 6 heteroatoms. The molecule has 19 heavy (non-hydrogen) atoms. The van der Waals surface area contributed by atoms with Gasteiger partial charge in [-0.25, -0.2) is 4.98 Å². The van der Waals surface area contributed by atoms with Gasteiger partial charge in [0.2, 0.25) is 11.8 Å². The van der Waals surface area contributed by atoms with Crippen LogP contribution >= 0.6 is 0 Å². The Kier molecular flexibility index (Phi) is 4.46. The average Bonchev–Trinajstić information content (AvgIpc) is 2.86. The van der Waals surface area contributed by atoms with E-state index in [0.717, 1.165) is 12.0 Å². The zero-order valence-corrected chi connectivity index (χ0v) is 11.4. The second kappa shape index (κ2) is 6.29. The lowest BCUT2D eigenvalue weighted by Gasteiger charge is -2.04. The number of nitrogens with one attached hydrogen (secondary N) is 1. The molecule has 1 N–H and O–H groups in total. The Morgan fingerprint density at radius 1 is 1.42 bits per heavy atom. The fourth-order valence-electron chi connectivity index (χ4n) is 1.63. The molecule has 1 atom stereocenters. The van der Waals surface area contributed by atoms with Gasteiger partial charge < -0.3 is 14.6 Å². The number of nitrogens with zero attached hydrogens (tertiary/aromatic N) is 3. The second-order valence-corrected chi connectivity index (χ2v) is 4.38. The van der Waals surface area contributed by atoms with Crippen molar-refractivity contribution in [3.05, 3.63) is 35.6 Å². The summed E-state index contributed by atoms with van der Waals surface area (Å²) in [4.78, 5) is 8.50. The molecular weight excluding hydrogens is 244 g/mol. The molecule has 0 aromatic carbocycles. The number of methoxy groups -OCH3 is 1. The van der Waals surface area contributed by atoms with Crippen molar-refractivity contribution in [2.45, 2.75) is 25.8 Å². The third kappa shape index (κ3) is 3.75. The van der Waals surface area contributed by atoms with Crippen LogP contribution in [0.4, 0.5) is 0 Å². The highest BCUT2D eigenvalue weighted by molar-refractivity contribution is 5.20. The van der Waals surface area contributed by atoms with Crippen LogP contribution in [0.3, 0.4) is 0 Å². The van der Waals surface area contributed by atoms with E-state index in [1.54, 1.807) is 13.3 Å². The Balaban J connectivity index is 1.98. The van der Waals surface area contributed by atoms with Crippen LogP contribution in [0.15, 0.2) is 22.9 Å². The molecule has 6 nitrogen and oxygen atoms in total. The normalized spacial score (nSPS) is 12.4. The van der Waals surface area contributed by atoms with Gasteiger partial charge in [-0.2, -0.15) is 4.98 Å². The molecule has 0 spiro atoms. The maximum absolute atomic E-state index is 5.21. The van der Waals surface area contributed by atoms with Gasteiger partial charge in [0.1, 0.15) is 0 Å². The first-order chi connectivity index (χ1) is 9.21. The molecule has 0 amide bonds. The zero-order chi connectivity index (χ0) is 13.7. The van der Waals surface area contributed by atoms with Gasteiger partial charge in [-0.1, -0.05) is 11.2 Å². The summed E-state index contributed by atoms with van der Waals surface area (Å²) in [6.45, 7) is 2.07. The van der Waals surface area contributed by atoms with Crippen LogP contribution in [0, 0.1) is 0 Å². The molecule has 0 saturated carbocycles. The summed E-state index contributed by atoms with van der Waals surface area (Å²) in [5, 5.41) is 7.10. The Morgan fingerprint density at radius 2 is 2.26 bits per heavy atom. The van der Waals surface area contributed by atoms with Gasteiger partial charge in [-0.3, -0.25) is 0 Å². The molecule has 0 bridgehead atoms. The number of aromatic nitrogens is 3. The third-order valence-electron chi connectivity index (χ3n) is 2.85. The van der Waals surface area contributed by atoms with Gasteiger partial charge in [-0.15, -0.1) is 0 Å². The van der Waals surface area contributed by atoms with Crippen molar-refractivity contribution in [1.29, 1.82) is 0 Å². The number of hydrogen-bond acceptors (Lipinski definition) is 6. The third-order valence-corrected chi connectivity index (χ3v) is 2.85. The lowest BCUT2D eigenvalue weighted by atomic mass is 10.2. The van der Waals surface area contributed by atoms with E-state index >= 15 is 0 Å². The number of ether oxygens (including phenoxy) is 1. The molecule has 0 saturated heterocycles. The molecular formula is C13H18N4O2. The summed E-state index contributed by atoms with van der Waals surface area (Å²) < 4.78 is 10.2. The van der Waals surface area contributed by atoms with Crippen LogP contribution in [0.1, 0.15) is 24.2 Å². The minimum absolute atomic E-state index is 0.316. The molecule has 2 aromatic heterocycles. The minimum atomic E-state index is 0.316. The van der Waals surface area contributed by atoms with E-state index in [1.807, 2.05) is 19.2 Å². The first-order valence-corrected chi connectivity index (χ1v) is 6.19. The van der Waals surface area contributed by atoms with E-state index in [1.165, 1.54) is 0 Å². The lowest BCUT2D eigenvalue weighted by molar-refractivity contribution is 0.361. The van der Waals surface area contributed by atoms with Gasteiger partial charge in [0.15, 0.2) is 5.82 Å². The summed E-state index contributed by atoms with van der Waals surface area (Å²) in [7, 11) is 3.50. The zero-order valence-electron chi connectivity index (χ0n) is 11.4. The van der Waals surface area contributed by atoms with Gasteiger partial charge in [0.25, 0.3) is 0 Å². The van der Waals surface area contributed by atoms with Crippen molar-refractivity contribution in [3.8, 4) is 5.88 Å². The molecule has 0 aliphatic carbocycles. The van der Waals surface area contributed by atoms with E-state index in [4.69, 9.17) is 9.26 Å². The summed E-state index contributed by atoms with van der Waals surface area (Å²) in [6, 6.07) is 4.08. The fourth-order valence-corrected chi connectivity index (χ4v) is 1.63. The second-order valence-electron chi connectivity index (χ2n) is 4.38. The monoisotopic (exact) mass is 262 g/mol. The standard InChI is InChI=1S/C13H18N4O2/c1-9(14-2)6-13-16-11(17-19-13)7-10-4-5-12(18-3)15-8-10/h4-5,8-9,14H,6-7H2,1-3H3. The van der Waals surface area contributed by atoms with Gasteiger partial charge in [0.05, 0.1) is 7.11 Å². The molecule has 2 rings (SSSR count). The predicted octanol–water partition coefficient (Wildman–Crippen LogP) is 1.21. The van der Waals surface area contributed by atoms with E-state index < -0.39 is 0 Å². The molecule has 0 aliphatic heterocycles. The van der Waals surface area contributed by atoms with Gasteiger partial charge in [-0.05, 0) is 19.5 Å². The molecule has 0 fully saturated rings. The summed E-state index contributed by atoms with van der Waals surface area (Å²) in [5.74, 6) is 1.92. The highest BCUT2D eigenvalue weighted by Crippen LogP contribution is 2.10. The van der Waals surface area contributed by atoms with Crippen LogP contribution in [0.2, 0.25) is 0 Å². The van der Waals surface area contributed by atoms with Crippen molar-refractivity contribution in [3.63, 3.8) is 0 Å². The largest absolute Gasteiger partial charge is 0.481 e. The smallest absolute Gasteiger partial charge is 0.228 e. The Bertz CT molecular complexity index is 510. The first-order valence-electron chi connectivity index (χ1n) is 6.19. The molecule has 0 aliphatic rings.